The van der Waals surface area contributed by atoms with Crippen LogP contribution in [0.4, 0.5) is 8.78 Å². The molecule has 0 aromatic heterocycles. The summed E-state index contributed by atoms with van der Waals surface area (Å²) in [4.78, 5) is 0. The van der Waals surface area contributed by atoms with Crippen molar-refractivity contribution in [2.75, 3.05) is 24.7 Å². The standard InChI is InChI=1S/C12H16BrF2NOS/c13-10-2-3-11(14)9(12(10)15)8-16-4-7-18-6-1-5-17/h2-3,16-17H,1,4-8H2. The molecule has 0 fully saturated rings. The summed E-state index contributed by atoms with van der Waals surface area (Å²) in [7, 11) is 0. The quantitative estimate of drug-likeness (QED) is 0.564. The molecule has 0 heterocycles. The van der Waals surface area contributed by atoms with Crippen molar-refractivity contribution < 1.29 is 13.9 Å². The molecule has 0 saturated carbocycles. The molecule has 0 radical (unpaired) electrons. The Morgan fingerprint density at radius 2 is 2.06 bits per heavy atom. The van der Waals surface area contributed by atoms with Gasteiger partial charge in [0.25, 0.3) is 0 Å². The molecular formula is C12H16BrF2NOS. The van der Waals surface area contributed by atoms with Crippen molar-refractivity contribution in [3.05, 3.63) is 33.8 Å². The summed E-state index contributed by atoms with van der Waals surface area (Å²) >= 11 is 4.74. The van der Waals surface area contributed by atoms with E-state index in [1.807, 2.05) is 0 Å². The molecule has 0 aliphatic rings. The van der Waals surface area contributed by atoms with Crippen molar-refractivity contribution in [3.63, 3.8) is 0 Å². The molecule has 0 aliphatic heterocycles. The van der Waals surface area contributed by atoms with Gasteiger partial charge in [-0.15, -0.1) is 0 Å². The van der Waals surface area contributed by atoms with E-state index in [0.717, 1.165) is 17.9 Å². The molecule has 0 unspecified atom stereocenters. The minimum Gasteiger partial charge on any atom is -0.396 e. The molecule has 1 aromatic rings. The average molecular weight is 340 g/mol. The van der Waals surface area contributed by atoms with Crippen LogP contribution in [-0.4, -0.2) is 29.8 Å². The Labute approximate surface area is 118 Å². The van der Waals surface area contributed by atoms with Gasteiger partial charge >= 0.3 is 0 Å². The van der Waals surface area contributed by atoms with Gasteiger partial charge in [-0.25, -0.2) is 8.78 Å². The van der Waals surface area contributed by atoms with E-state index in [4.69, 9.17) is 5.11 Å². The Morgan fingerprint density at radius 3 is 2.78 bits per heavy atom. The number of halogens is 3. The first-order valence-corrected chi connectivity index (χ1v) is 7.63. The van der Waals surface area contributed by atoms with Gasteiger partial charge in [0.1, 0.15) is 11.6 Å². The summed E-state index contributed by atoms with van der Waals surface area (Å²) in [5.74, 6) is 0.682. The summed E-state index contributed by atoms with van der Waals surface area (Å²) in [5.41, 5.74) is 0.0599. The van der Waals surface area contributed by atoms with Gasteiger partial charge < -0.3 is 10.4 Å². The summed E-state index contributed by atoms with van der Waals surface area (Å²) in [6.07, 6.45) is 0.777. The van der Waals surface area contributed by atoms with Crippen LogP contribution in [0.1, 0.15) is 12.0 Å². The van der Waals surface area contributed by atoms with Crippen LogP contribution in [0.2, 0.25) is 0 Å². The zero-order chi connectivity index (χ0) is 13.4. The highest BCUT2D eigenvalue weighted by atomic mass is 79.9. The molecule has 2 nitrogen and oxygen atoms in total. The van der Waals surface area contributed by atoms with Crippen LogP contribution in [-0.2, 0) is 6.54 Å². The maximum atomic E-state index is 13.6. The number of rotatable bonds is 8. The number of nitrogens with one attached hydrogen (secondary N) is 1. The third kappa shape index (κ3) is 5.22. The Morgan fingerprint density at radius 1 is 1.28 bits per heavy atom. The summed E-state index contributed by atoms with van der Waals surface area (Å²) in [5, 5.41) is 11.6. The first-order chi connectivity index (χ1) is 8.66. The van der Waals surface area contributed by atoms with Gasteiger partial charge in [0.05, 0.1) is 4.47 Å². The lowest BCUT2D eigenvalue weighted by molar-refractivity contribution is 0.296. The minimum absolute atomic E-state index is 0.0599. The second kappa shape index (κ2) is 8.85. The second-order valence-corrected chi connectivity index (χ2v) is 5.77. The van der Waals surface area contributed by atoms with Crippen LogP contribution < -0.4 is 5.32 Å². The van der Waals surface area contributed by atoms with Gasteiger partial charge in [-0.1, -0.05) is 0 Å². The van der Waals surface area contributed by atoms with E-state index in [2.05, 4.69) is 21.2 Å². The van der Waals surface area contributed by atoms with E-state index in [-0.39, 0.29) is 23.2 Å². The van der Waals surface area contributed by atoms with Gasteiger partial charge in [-0.3, -0.25) is 0 Å². The Bertz CT molecular complexity index is 379. The first kappa shape index (κ1) is 15.9. The summed E-state index contributed by atoms with van der Waals surface area (Å²) in [6.45, 7) is 1.06. The molecule has 1 aromatic carbocycles. The summed E-state index contributed by atoms with van der Waals surface area (Å²) < 4.78 is 27.2. The molecule has 2 N–H and O–H groups in total. The van der Waals surface area contributed by atoms with Crippen LogP contribution in [0, 0.1) is 11.6 Å². The fourth-order valence-electron chi connectivity index (χ4n) is 1.36. The number of hydrogen-bond acceptors (Lipinski definition) is 3. The van der Waals surface area contributed by atoms with Crippen LogP contribution in [0.3, 0.4) is 0 Å². The SMILES string of the molecule is OCCCSCCNCc1c(F)ccc(Br)c1F. The minimum atomic E-state index is -0.546. The summed E-state index contributed by atoms with van der Waals surface area (Å²) in [6, 6.07) is 2.61. The molecule has 0 aliphatic carbocycles. The lowest BCUT2D eigenvalue weighted by atomic mass is 10.2. The number of aliphatic hydroxyl groups excluding tert-OH is 1. The maximum Gasteiger partial charge on any atom is 0.144 e. The van der Waals surface area contributed by atoms with E-state index in [1.165, 1.54) is 12.1 Å². The van der Waals surface area contributed by atoms with Gasteiger partial charge in [0.15, 0.2) is 0 Å². The Kier molecular flexibility index (Phi) is 7.81. The monoisotopic (exact) mass is 339 g/mol. The van der Waals surface area contributed by atoms with Gasteiger partial charge in [-0.05, 0) is 40.2 Å². The number of benzene rings is 1. The van der Waals surface area contributed by atoms with E-state index in [1.54, 1.807) is 11.8 Å². The largest absolute Gasteiger partial charge is 0.396 e. The molecular weight excluding hydrogens is 324 g/mol. The topological polar surface area (TPSA) is 32.3 Å². The zero-order valence-electron chi connectivity index (χ0n) is 9.89. The molecule has 102 valence electrons. The fourth-order valence-corrected chi connectivity index (χ4v) is 2.56. The zero-order valence-corrected chi connectivity index (χ0v) is 12.3. The van der Waals surface area contributed by atoms with E-state index in [9.17, 15) is 8.78 Å². The van der Waals surface area contributed by atoms with Crippen LogP contribution in [0.25, 0.3) is 0 Å². The first-order valence-electron chi connectivity index (χ1n) is 5.68. The van der Waals surface area contributed by atoms with Crippen molar-refractivity contribution in [1.82, 2.24) is 5.32 Å². The second-order valence-electron chi connectivity index (χ2n) is 3.69. The normalized spacial score (nSPS) is 10.9. The lowest BCUT2D eigenvalue weighted by Gasteiger charge is -2.08. The molecule has 6 heteroatoms. The number of hydrogen-bond donors (Lipinski definition) is 2. The Balaban J connectivity index is 2.29. The maximum absolute atomic E-state index is 13.6. The average Bonchev–Trinajstić information content (AvgIpc) is 2.36. The third-order valence-electron chi connectivity index (χ3n) is 2.31. The van der Waals surface area contributed by atoms with Crippen LogP contribution in [0.5, 0.6) is 0 Å². The van der Waals surface area contributed by atoms with Gasteiger partial charge in [0, 0.05) is 31.0 Å². The van der Waals surface area contributed by atoms with Crippen molar-refractivity contribution >= 4 is 27.7 Å². The van der Waals surface area contributed by atoms with Crippen LogP contribution in [0.15, 0.2) is 16.6 Å². The molecule has 1 rings (SSSR count). The van der Waals surface area contributed by atoms with Crippen molar-refractivity contribution in [2.24, 2.45) is 0 Å². The number of thioether (sulfide) groups is 1. The third-order valence-corrected chi connectivity index (χ3v) is 3.99. The van der Waals surface area contributed by atoms with Gasteiger partial charge in [0.2, 0.25) is 0 Å². The van der Waals surface area contributed by atoms with Crippen molar-refractivity contribution in [3.8, 4) is 0 Å². The van der Waals surface area contributed by atoms with Crippen LogP contribution >= 0.6 is 27.7 Å². The molecule has 0 saturated heterocycles. The number of aliphatic hydroxyl groups is 1. The van der Waals surface area contributed by atoms with E-state index < -0.39 is 11.6 Å². The highest BCUT2D eigenvalue weighted by molar-refractivity contribution is 9.10. The molecule has 0 amide bonds. The van der Waals surface area contributed by atoms with Crippen molar-refractivity contribution in [1.29, 1.82) is 0 Å². The molecule has 0 bridgehead atoms. The van der Waals surface area contributed by atoms with Gasteiger partial charge in [-0.2, -0.15) is 11.8 Å². The molecule has 0 spiro atoms. The van der Waals surface area contributed by atoms with E-state index >= 15 is 0 Å². The predicted octanol–water partition coefficient (Wildman–Crippen LogP) is 2.93. The molecule has 0 atom stereocenters. The van der Waals surface area contributed by atoms with Crippen molar-refractivity contribution in [2.45, 2.75) is 13.0 Å². The Hall–Kier alpha value is -0.170. The lowest BCUT2D eigenvalue weighted by Crippen LogP contribution is -2.18. The fraction of sp³-hybridized carbons (Fsp3) is 0.500. The highest BCUT2D eigenvalue weighted by Gasteiger charge is 2.11. The molecule has 18 heavy (non-hydrogen) atoms. The predicted molar refractivity (Wildman–Crippen MR) is 74.8 cm³/mol. The van der Waals surface area contributed by atoms with E-state index in [0.29, 0.717) is 6.54 Å². The smallest absolute Gasteiger partial charge is 0.144 e. The highest BCUT2D eigenvalue weighted by Crippen LogP contribution is 2.21.